The minimum Gasteiger partial charge on any atom is -0.327 e. The highest BCUT2D eigenvalue weighted by Gasteiger charge is 2.36. The summed E-state index contributed by atoms with van der Waals surface area (Å²) in [7, 11) is 0. The molecule has 0 aromatic rings. The number of rotatable bonds is 1. The Labute approximate surface area is 107 Å². The molecule has 0 radical (unpaired) electrons. The van der Waals surface area contributed by atoms with Gasteiger partial charge in [0.25, 0.3) is 0 Å². The zero-order valence-electron chi connectivity index (χ0n) is 12.0. The molecule has 1 saturated heterocycles. The number of hydrogen-bond acceptors (Lipinski definition) is 2. The molecule has 1 heterocycles. The number of nitrogens with two attached hydrogens (primary N) is 1. The average molecular weight is 238 g/mol. The van der Waals surface area contributed by atoms with Gasteiger partial charge in [0.1, 0.15) is 0 Å². The smallest absolute Gasteiger partial charge is 0.0110 e. The van der Waals surface area contributed by atoms with Crippen LogP contribution in [0.2, 0.25) is 0 Å². The SMILES string of the molecule is CC1CC(C)CC(N2CCC(N)C(C)C2C)C1. The van der Waals surface area contributed by atoms with Crippen molar-refractivity contribution in [3.8, 4) is 0 Å². The van der Waals surface area contributed by atoms with Crippen LogP contribution in [0.25, 0.3) is 0 Å². The van der Waals surface area contributed by atoms with Gasteiger partial charge in [0.15, 0.2) is 0 Å². The average Bonchev–Trinajstić information content (AvgIpc) is 2.24. The first-order valence-corrected chi connectivity index (χ1v) is 7.50. The minimum atomic E-state index is 0.416. The summed E-state index contributed by atoms with van der Waals surface area (Å²) in [5.74, 6) is 2.46. The molecule has 2 aliphatic rings. The van der Waals surface area contributed by atoms with Gasteiger partial charge in [0.05, 0.1) is 0 Å². The van der Waals surface area contributed by atoms with Gasteiger partial charge in [-0.3, -0.25) is 4.90 Å². The van der Waals surface area contributed by atoms with Gasteiger partial charge in [0, 0.05) is 24.7 Å². The van der Waals surface area contributed by atoms with Crippen molar-refractivity contribution in [2.24, 2.45) is 23.5 Å². The Balaban J connectivity index is 2.01. The second-order valence-electron chi connectivity index (χ2n) is 6.86. The van der Waals surface area contributed by atoms with E-state index in [9.17, 15) is 0 Å². The van der Waals surface area contributed by atoms with Gasteiger partial charge in [-0.1, -0.05) is 20.8 Å². The lowest BCUT2D eigenvalue weighted by Crippen LogP contribution is -2.56. The molecule has 0 aromatic carbocycles. The van der Waals surface area contributed by atoms with E-state index in [-0.39, 0.29) is 0 Å². The quantitative estimate of drug-likeness (QED) is 0.761. The molecule has 0 spiro atoms. The third kappa shape index (κ3) is 2.85. The fourth-order valence-electron chi connectivity index (χ4n) is 4.11. The van der Waals surface area contributed by atoms with Crippen molar-refractivity contribution in [3.05, 3.63) is 0 Å². The highest BCUT2D eigenvalue weighted by atomic mass is 15.2. The van der Waals surface area contributed by atoms with Crippen molar-refractivity contribution in [1.29, 1.82) is 0 Å². The molecule has 17 heavy (non-hydrogen) atoms. The highest BCUT2D eigenvalue weighted by Crippen LogP contribution is 2.35. The standard InChI is InChI=1S/C15H30N2/c1-10-7-11(2)9-14(8-10)17-6-5-15(16)12(3)13(17)4/h10-15H,5-9,16H2,1-4H3. The van der Waals surface area contributed by atoms with Gasteiger partial charge < -0.3 is 5.73 Å². The maximum atomic E-state index is 6.19. The predicted octanol–water partition coefficient (Wildman–Crippen LogP) is 2.87. The summed E-state index contributed by atoms with van der Waals surface area (Å²) in [5.41, 5.74) is 6.19. The van der Waals surface area contributed by atoms with Crippen molar-refractivity contribution in [3.63, 3.8) is 0 Å². The monoisotopic (exact) mass is 238 g/mol. The van der Waals surface area contributed by atoms with Crippen LogP contribution in [0.3, 0.4) is 0 Å². The summed E-state index contributed by atoms with van der Waals surface area (Å²) in [6, 6.07) is 1.90. The Kier molecular flexibility index (Phi) is 4.14. The van der Waals surface area contributed by atoms with E-state index in [1.165, 1.54) is 32.2 Å². The second-order valence-corrected chi connectivity index (χ2v) is 6.86. The lowest BCUT2D eigenvalue weighted by molar-refractivity contribution is 0.0210. The maximum Gasteiger partial charge on any atom is 0.0110 e. The van der Waals surface area contributed by atoms with Gasteiger partial charge in [-0.05, 0) is 50.4 Å². The third-order valence-electron chi connectivity index (χ3n) is 5.30. The minimum absolute atomic E-state index is 0.416. The molecule has 0 aromatic heterocycles. The number of likely N-dealkylation sites (tertiary alicyclic amines) is 1. The van der Waals surface area contributed by atoms with Crippen LogP contribution in [0.1, 0.15) is 53.4 Å². The van der Waals surface area contributed by atoms with Crippen LogP contribution < -0.4 is 5.73 Å². The van der Waals surface area contributed by atoms with Crippen LogP contribution in [0, 0.1) is 17.8 Å². The largest absolute Gasteiger partial charge is 0.327 e. The maximum absolute atomic E-state index is 6.19. The molecule has 1 saturated carbocycles. The topological polar surface area (TPSA) is 29.3 Å². The lowest BCUT2D eigenvalue weighted by atomic mass is 9.77. The van der Waals surface area contributed by atoms with E-state index in [0.717, 1.165) is 17.9 Å². The van der Waals surface area contributed by atoms with Crippen LogP contribution >= 0.6 is 0 Å². The summed E-state index contributed by atoms with van der Waals surface area (Å²) in [5, 5.41) is 0. The van der Waals surface area contributed by atoms with E-state index in [4.69, 9.17) is 5.73 Å². The van der Waals surface area contributed by atoms with Crippen LogP contribution in [-0.2, 0) is 0 Å². The predicted molar refractivity (Wildman–Crippen MR) is 73.9 cm³/mol. The Morgan fingerprint density at radius 3 is 2.12 bits per heavy atom. The molecular formula is C15H30N2. The molecule has 2 nitrogen and oxygen atoms in total. The molecule has 1 aliphatic heterocycles. The molecule has 5 atom stereocenters. The molecule has 2 heteroatoms. The number of piperidine rings is 1. The lowest BCUT2D eigenvalue weighted by Gasteiger charge is -2.48. The Morgan fingerprint density at radius 1 is 0.941 bits per heavy atom. The highest BCUT2D eigenvalue weighted by molar-refractivity contribution is 4.92. The molecule has 5 unspecified atom stereocenters. The number of nitrogens with zero attached hydrogens (tertiary/aromatic N) is 1. The molecule has 0 bridgehead atoms. The summed E-state index contributed by atoms with van der Waals surface area (Å²) >= 11 is 0. The normalized spacial score (nSPS) is 49.2. The summed E-state index contributed by atoms with van der Waals surface area (Å²) < 4.78 is 0. The molecular weight excluding hydrogens is 208 g/mol. The summed E-state index contributed by atoms with van der Waals surface area (Å²) in [6.45, 7) is 10.8. The van der Waals surface area contributed by atoms with Crippen molar-refractivity contribution >= 4 is 0 Å². The van der Waals surface area contributed by atoms with Crippen LogP contribution in [0.4, 0.5) is 0 Å². The van der Waals surface area contributed by atoms with Crippen molar-refractivity contribution in [1.82, 2.24) is 4.90 Å². The molecule has 1 aliphatic carbocycles. The van der Waals surface area contributed by atoms with E-state index in [1.807, 2.05) is 0 Å². The van der Waals surface area contributed by atoms with Gasteiger partial charge in [-0.15, -0.1) is 0 Å². The van der Waals surface area contributed by atoms with E-state index in [1.54, 1.807) is 0 Å². The molecule has 2 rings (SSSR count). The Bertz CT molecular complexity index is 243. The van der Waals surface area contributed by atoms with E-state index in [2.05, 4.69) is 32.6 Å². The van der Waals surface area contributed by atoms with Crippen molar-refractivity contribution in [2.75, 3.05) is 6.54 Å². The molecule has 100 valence electrons. The van der Waals surface area contributed by atoms with Crippen molar-refractivity contribution < 1.29 is 0 Å². The van der Waals surface area contributed by atoms with E-state index >= 15 is 0 Å². The van der Waals surface area contributed by atoms with Gasteiger partial charge in [-0.2, -0.15) is 0 Å². The first-order valence-electron chi connectivity index (χ1n) is 7.50. The van der Waals surface area contributed by atoms with Gasteiger partial charge in [0.2, 0.25) is 0 Å². The van der Waals surface area contributed by atoms with Crippen LogP contribution in [0.15, 0.2) is 0 Å². The zero-order valence-corrected chi connectivity index (χ0v) is 12.0. The molecule has 0 amide bonds. The fourth-order valence-corrected chi connectivity index (χ4v) is 4.11. The van der Waals surface area contributed by atoms with Gasteiger partial charge in [-0.25, -0.2) is 0 Å². The first-order chi connectivity index (χ1) is 7.99. The summed E-state index contributed by atoms with van der Waals surface area (Å²) in [6.07, 6.45) is 5.41. The van der Waals surface area contributed by atoms with E-state index in [0.29, 0.717) is 18.0 Å². The Hall–Kier alpha value is -0.0800. The fraction of sp³-hybridized carbons (Fsp3) is 1.00. The third-order valence-corrected chi connectivity index (χ3v) is 5.30. The van der Waals surface area contributed by atoms with Gasteiger partial charge >= 0.3 is 0 Å². The second kappa shape index (κ2) is 5.27. The molecule has 2 fully saturated rings. The zero-order chi connectivity index (χ0) is 12.6. The molecule has 2 N–H and O–H groups in total. The Morgan fingerprint density at radius 2 is 1.53 bits per heavy atom. The van der Waals surface area contributed by atoms with Crippen LogP contribution in [-0.4, -0.2) is 29.6 Å². The first kappa shape index (κ1) is 13.4. The number of hydrogen-bond donors (Lipinski definition) is 1. The summed E-state index contributed by atoms with van der Waals surface area (Å²) in [4.78, 5) is 2.76. The van der Waals surface area contributed by atoms with Crippen molar-refractivity contribution in [2.45, 2.75) is 71.5 Å². The van der Waals surface area contributed by atoms with Crippen LogP contribution in [0.5, 0.6) is 0 Å². The van der Waals surface area contributed by atoms with E-state index < -0.39 is 0 Å².